The maximum absolute atomic E-state index is 11.7. The van der Waals surface area contributed by atoms with E-state index in [0.29, 0.717) is 11.4 Å². The van der Waals surface area contributed by atoms with Crippen molar-refractivity contribution in [3.8, 4) is 0 Å². The monoisotopic (exact) mass is 304 g/mol. The van der Waals surface area contributed by atoms with Crippen molar-refractivity contribution in [3.05, 3.63) is 36.0 Å². The predicted octanol–water partition coefficient (Wildman–Crippen LogP) is 1.78. The van der Waals surface area contributed by atoms with Gasteiger partial charge in [0.1, 0.15) is 0 Å². The summed E-state index contributed by atoms with van der Waals surface area (Å²) in [6, 6.07) is 6.74. The third kappa shape index (κ3) is 3.85. The van der Waals surface area contributed by atoms with E-state index in [1.807, 2.05) is 0 Å². The van der Waals surface area contributed by atoms with Crippen LogP contribution in [0.15, 0.2) is 36.0 Å². The lowest BCUT2D eigenvalue weighted by molar-refractivity contribution is -0.222. The second kappa shape index (κ2) is 5.88. The van der Waals surface area contributed by atoms with Crippen molar-refractivity contribution < 1.29 is 23.9 Å². The first-order chi connectivity index (χ1) is 10.3. The summed E-state index contributed by atoms with van der Waals surface area (Å²) < 4.78 is 9.94. The quantitative estimate of drug-likeness (QED) is 0.502. The molecule has 2 rings (SSSR count). The second-order valence-corrected chi connectivity index (χ2v) is 5.14. The number of hydrogen-bond donors (Lipinski definition) is 2. The lowest BCUT2D eigenvalue weighted by atomic mass is 10.2. The number of carbonyl (C=O) groups excluding carboxylic acids is 3. The number of esters is 2. The van der Waals surface area contributed by atoms with Crippen LogP contribution in [0.2, 0.25) is 0 Å². The highest BCUT2D eigenvalue weighted by atomic mass is 16.7. The van der Waals surface area contributed by atoms with E-state index in [4.69, 9.17) is 9.47 Å². The molecular weight excluding hydrogens is 288 g/mol. The molecule has 1 aromatic rings. The molecule has 116 valence electrons. The lowest BCUT2D eigenvalue weighted by Gasteiger charge is -2.29. The summed E-state index contributed by atoms with van der Waals surface area (Å²) in [5, 5.41) is 5.44. The van der Waals surface area contributed by atoms with Crippen molar-refractivity contribution in [1.82, 2.24) is 0 Å². The Morgan fingerprint density at radius 1 is 1.05 bits per heavy atom. The van der Waals surface area contributed by atoms with Crippen LogP contribution in [0.3, 0.4) is 0 Å². The maximum Gasteiger partial charge on any atom is 0.350 e. The third-order valence-corrected chi connectivity index (χ3v) is 2.71. The molecule has 0 unspecified atom stereocenters. The molecule has 1 saturated heterocycles. The molecule has 0 spiro atoms. The van der Waals surface area contributed by atoms with Gasteiger partial charge in [0.15, 0.2) is 5.57 Å². The zero-order chi connectivity index (χ0) is 16.3. The van der Waals surface area contributed by atoms with Crippen molar-refractivity contribution in [2.45, 2.75) is 26.6 Å². The van der Waals surface area contributed by atoms with Gasteiger partial charge >= 0.3 is 11.9 Å². The fourth-order valence-corrected chi connectivity index (χ4v) is 1.79. The molecule has 7 heteroatoms. The van der Waals surface area contributed by atoms with Gasteiger partial charge in [0.05, 0.1) is 0 Å². The normalized spacial score (nSPS) is 16.4. The number of amides is 1. The van der Waals surface area contributed by atoms with Crippen molar-refractivity contribution in [2.24, 2.45) is 0 Å². The minimum atomic E-state index is -1.26. The molecule has 0 bridgehead atoms. The largest absolute Gasteiger partial charge is 0.419 e. The molecule has 0 aliphatic carbocycles. The zero-order valence-electron chi connectivity index (χ0n) is 12.4. The Kier molecular flexibility index (Phi) is 4.16. The number of benzene rings is 1. The van der Waals surface area contributed by atoms with Crippen LogP contribution in [0.4, 0.5) is 11.4 Å². The molecule has 1 aromatic carbocycles. The Morgan fingerprint density at radius 3 is 2.05 bits per heavy atom. The maximum atomic E-state index is 11.7. The first kappa shape index (κ1) is 15.6. The molecule has 1 aliphatic heterocycles. The highest BCUT2D eigenvalue weighted by Crippen LogP contribution is 2.23. The van der Waals surface area contributed by atoms with Gasteiger partial charge in [-0.25, -0.2) is 9.59 Å². The van der Waals surface area contributed by atoms with Gasteiger partial charge in [0.2, 0.25) is 5.91 Å². The van der Waals surface area contributed by atoms with Crippen LogP contribution >= 0.6 is 0 Å². The third-order valence-electron chi connectivity index (χ3n) is 2.71. The average Bonchev–Trinajstić information content (AvgIpc) is 2.37. The first-order valence-electron chi connectivity index (χ1n) is 6.58. The van der Waals surface area contributed by atoms with Gasteiger partial charge in [-0.1, -0.05) is 0 Å². The fourth-order valence-electron chi connectivity index (χ4n) is 1.79. The number of ether oxygens (including phenoxy) is 2. The van der Waals surface area contributed by atoms with E-state index in [1.165, 1.54) is 27.0 Å². The predicted molar refractivity (Wildman–Crippen MR) is 78.7 cm³/mol. The summed E-state index contributed by atoms with van der Waals surface area (Å²) >= 11 is 0. The summed E-state index contributed by atoms with van der Waals surface area (Å²) in [4.78, 5) is 34.4. The first-order valence-corrected chi connectivity index (χ1v) is 6.58. The minimum Gasteiger partial charge on any atom is -0.419 e. The summed E-state index contributed by atoms with van der Waals surface area (Å²) in [6.45, 7) is 4.37. The molecule has 2 N–H and O–H groups in total. The van der Waals surface area contributed by atoms with Crippen LogP contribution < -0.4 is 10.6 Å². The van der Waals surface area contributed by atoms with Crippen LogP contribution in [0.5, 0.6) is 0 Å². The number of nitrogens with one attached hydrogen (secondary N) is 2. The highest BCUT2D eigenvalue weighted by molar-refractivity contribution is 6.15. The molecule has 0 saturated carbocycles. The van der Waals surface area contributed by atoms with Crippen molar-refractivity contribution in [3.63, 3.8) is 0 Å². The van der Waals surface area contributed by atoms with Crippen LogP contribution in [-0.2, 0) is 23.9 Å². The standard InChI is InChI=1S/C15H16N2O5/c1-9(18)17-11-6-4-10(5-7-11)16-8-12-13(19)21-15(2,3)22-14(12)20/h4-8,16H,1-3H3,(H,17,18). The Balaban J connectivity index is 2.06. The molecule has 0 aromatic heterocycles. The highest BCUT2D eigenvalue weighted by Gasteiger charge is 2.38. The molecule has 0 atom stereocenters. The Labute approximate surface area is 127 Å². The van der Waals surface area contributed by atoms with Crippen LogP contribution in [0.1, 0.15) is 20.8 Å². The summed E-state index contributed by atoms with van der Waals surface area (Å²) in [5.41, 5.74) is 1.06. The average molecular weight is 304 g/mol. The zero-order valence-corrected chi connectivity index (χ0v) is 12.4. The Bertz CT molecular complexity index is 624. The van der Waals surface area contributed by atoms with E-state index in [-0.39, 0.29) is 11.5 Å². The van der Waals surface area contributed by atoms with Gasteiger partial charge in [-0.15, -0.1) is 0 Å². The SMILES string of the molecule is CC(=O)Nc1ccc(NC=C2C(=O)OC(C)(C)OC2=O)cc1. The molecule has 1 amide bonds. The molecule has 1 fully saturated rings. The number of hydrogen-bond acceptors (Lipinski definition) is 6. The van der Waals surface area contributed by atoms with Gasteiger partial charge in [0, 0.05) is 38.3 Å². The van der Waals surface area contributed by atoms with Gasteiger partial charge in [-0.3, -0.25) is 4.79 Å². The van der Waals surface area contributed by atoms with E-state index < -0.39 is 17.7 Å². The fraction of sp³-hybridized carbons (Fsp3) is 0.267. The second-order valence-electron chi connectivity index (χ2n) is 5.14. The molecule has 22 heavy (non-hydrogen) atoms. The molecule has 0 radical (unpaired) electrons. The molecule has 7 nitrogen and oxygen atoms in total. The molecular formula is C15H16N2O5. The molecule has 1 heterocycles. The van der Waals surface area contributed by atoms with E-state index in [2.05, 4.69) is 10.6 Å². The summed E-state index contributed by atoms with van der Waals surface area (Å²) in [6.07, 6.45) is 1.23. The van der Waals surface area contributed by atoms with Crippen LogP contribution in [-0.4, -0.2) is 23.6 Å². The van der Waals surface area contributed by atoms with Crippen molar-refractivity contribution in [2.75, 3.05) is 10.6 Å². The number of anilines is 2. The van der Waals surface area contributed by atoms with E-state index >= 15 is 0 Å². The Morgan fingerprint density at radius 2 is 1.55 bits per heavy atom. The summed E-state index contributed by atoms with van der Waals surface area (Å²) in [7, 11) is 0. The van der Waals surface area contributed by atoms with Gasteiger partial charge in [0.25, 0.3) is 5.79 Å². The number of carbonyl (C=O) groups is 3. The van der Waals surface area contributed by atoms with Gasteiger partial charge in [-0.05, 0) is 24.3 Å². The smallest absolute Gasteiger partial charge is 0.350 e. The van der Waals surface area contributed by atoms with Crippen molar-refractivity contribution in [1.29, 1.82) is 0 Å². The van der Waals surface area contributed by atoms with Crippen LogP contribution in [0, 0.1) is 0 Å². The minimum absolute atomic E-state index is 0.168. The van der Waals surface area contributed by atoms with E-state index in [0.717, 1.165) is 0 Å². The lowest BCUT2D eigenvalue weighted by Crippen LogP contribution is -2.42. The van der Waals surface area contributed by atoms with Gasteiger partial charge in [-0.2, -0.15) is 0 Å². The van der Waals surface area contributed by atoms with Gasteiger partial charge < -0.3 is 20.1 Å². The topological polar surface area (TPSA) is 93.7 Å². The van der Waals surface area contributed by atoms with Crippen molar-refractivity contribution >= 4 is 29.2 Å². The summed E-state index contributed by atoms with van der Waals surface area (Å²) in [5.74, 6) is -2.92. The Hall–Kier alpha value is -2.83. The number of rotatable bonds is 3. The van der Waals surface area contributed by atoms with E-state index in [1.54, 1.807) is 24.3 Å². The van der Waals surface area contributed by atoms with E-state index in [9.17, 15) is 14.4 Å². The van der Waals surface area contributed by atoms with Crippen LogP contribution in [0.25, 0.3) is 0 Å². The number of cyclic esters (lactones) is 2. The molecule has 1 aliphatic rings.